The molecule has 0 fully saturated rings. The van der Waals surface area contributed by atoms with E-state index in [4.69, 9.17) is 0 Å². The van der Waals surface area contributed by atoms with Crippen LogP contribution in [0.25, 0.3) is 0 Å². The maximum atomic E-state index is 11.8. The fraction of sp³-hybridized carbons (Fsp3) is 0.200. The van der Waals surface area contributed by atoms with E-state index in [9.17, 15) is 9.59 Å². The monoisotopic (exact) mass is 363 g/mol. The molecule has 0 aliphatic heterocycles. The Morgan fingerprint density at radius 3 is 2.81 bits per heavy atom. The summed E-state index contributed by atoms with van der Waals surface area (Å²) in [7, 11) is 0. The zero-order valence-electron chi connectivity index (χ0n) is 8.05. The van der Waals surface area contributed by atoms with E-state index in [-0.39, 0.29) is 17.7 Å². The minimum absolute atomic E-state index is 0.0539. The Hall–Kier alpha value is -0.460. The topological polar surface area (TPSA) is 46.2 Å². The van der Waals surface area contributed by atoms with Gasteiger partial charge in [0.15, 0.2) is 5.78 Å². The minimum Gasteiger partial charge on any atom is -0.345 e. The molecule has 0 radical (unpaired) electrons. The highest BCUT2D eigenvalue weighted by atomic mass is 79.9. The average Bonchev–Trinajstić information content (AvgIpc) is 2.69. The van der Waals surface area contributed by atoms with E-state index in [0.717, 1.165) is 13.1 Å². The normalized spacial score (nSPS) is 18.4. The predicted molar refractivity (Wildman–Crippen MR) is 69.7 cm³/mol. The van der Waals surface area contributed by atoms with Crippen molar-refractivity contribution in [3.63, 3.8) is 0 Å². The van der Waals surface area contributed by atoms with Gasteiger partial charge in [0, 0.05) is 17.5 Å². The van der Waals surface area contributed by atoms with Gasteiger partial charge in [0.25, 0.3) is 0 Å². The Bertz CT molecular complexity index is 495. The molecule has 0 aromatic carbocycles. The third-order valence-corrected chi connectivity index (χ3v) is 4.95. The molecule has 1 unspecified atom stereocenters. The highest BCUT2D eigenvalue weighted by Gasteiger charge is 2.35. The van der Waals surface area contributed by atoms with Gasteiger partial charge in [-0.25, -0.2) is 0 Å². The molecule has 6 heteroatoms. The van der Waals surface area contributed by atoms with Gasteiger partial charge in [-0.2, -0.15) is 0 Å². The molecule has 1 N–H and O–H groups in total. The van der Waals surface area contributed by atoms with Crippen LogP contribution in [0.2, 0.25) is 0 Å². The molecule has 1 aliphatic rings. The van der Waals surface area contributed by atoms with Crippen molar-refractivity contribution in [2.45, 2.75) is 12.5 Å². The Labute approximate surface area is 113 Å². The van der Waals surface area contributed by atoms with Gasteiger partial charge >= 0.3 is 0 Å². The largest absolute Gasteiger partial charge is 0.345 e. The van der Waals surface area contributed by atoms with E-state index in [2.05, 4.69) is 43.8 Å². The van der Waals surface area contributed by atoms with Crippen molar-refractivity contribution in [2.75, 3.05) is 0 Å². The molecule has 84 valence electrons. The van der Waals surface area contributed by atoms with Crippen LogP contribution in [0.4, 0.5) is 0 Å². The molecule has 2 rings (SSSR count). The highest BCUT2D eigenvalue weighted by molar-refractivity contribution is 9.12. The summed E-state index contributed by atoms with van der Waals surface area (Å²) in [4.78, 5) is 23.0. The molecule has 1 atom stereocenters. The molecule has 1 aromatic rings. The molecule has 1 heterocycles. The molecule has 1 aromatic heterocycles. The first-order valence-corrected chi connectivity index (χ1v) is 6.88. The van der Waals surface area contributed by atoms with Crippen molar-refractivity contribution in [1.29, 1.82) is 0 Å². The summed E-state index contributed by atoms with van der Waals surface area (Å²) < 4.78 is 1.70. The molecule has 16 heavy (non-hydrogen) atoms. The van der Waals surface area contributed by atoms with Crippen molar-refractivity contribution < 1.29 is 9.59 Å². The Balaban J connectivity index is 2.38. The smallest absolute Gasteiger partial charge is 0.243 e. The van der Waals surface area contributed by atoms with Crippen molar-refractivity contribution in [3.05, 3.63) is 31.4 Å². The van der Waals surface area contributed by atoms with Crippen molar-refractivity contribution in [3.8, 4) is 0 Å². The molecule has 0 spiro atoms. The fourth-order valence-electron chi connectivity index (χ4n) is 1.70. The summed E-state index contributed by atoms with van der Waals surface area (Å²) in [5, 5.41) is 2.75. The first-order valence-electron chi connectivity index (χ1n) is 4.48. The second kappa shape index (κ2) is 4.43. The third kappa shape index (κ3) is 1.89. The van der Waals surface area contributed by atoms with E-state index in [1.807, 2.05) is 0 Å². The van der Waals surface area contributed by atoms with Crippen molar-refractivity contribution in [1.82, 2.24) is 5.32 Å². The lowest BCUT2D eigenvalue weighted by Crippen LogP contribution is -2.25. The van der Waals surface area contributed by atoms with Gasteiger partial charge in [-0.05, 0) is 37.9 Å². The van der Waals surface area contributed by atoms with Gasteiger partial charge < -0.3 is 5.32 Å². The second-order valence-electron chi connectivity index (χ2n) is 3.33. The Morgan fingerprint density at radius 2 is 2.19 bits per heavy atom. The number of nitrogens with one attached hydrogen (secondary N) is 1. The summed E-state index contributed by atoms with van der Waals surface area (Å²) in [5.41, 5.74) is 1.56. The number of halogens is 2. The van der Waals surface area contributed by atoms with Crippen LogP contribution in [-0.4, -0.2) is 11.7 Å². The van der Waals surface area contributed by atoms with Crippen LogP contribution in [-0.2, 0) is 4.79 Å². The van der Waals surface area contributed by atoms with E-state index in [0.29, 0.717) is 12.0 Å². The fourth-order valence-corrected chi connectivity index (χ4v) is 5.07. The lowest BCUT2D eigenvalue weighted by Gasteiger charge is -2.10. The molecular formula is C10H7Br2NO2S. The van der Waals surface area contributed by atoms with E-state index >= 15 is 0 Å². The summed E-state index contributed by atoms with van der Waals surface area (Å²) in [6, 6.07) is -0.245. The average molecular weight is 365 g/mol. The molecule has 3 nitrogen and oxygen atoms in total. The Morgan fingerprint density at radius 1 is 1.50 bits per heavy atom. The van der Waals surface area contributed by atoms with Crippen LogP contribution < -0.4 is 5.32 Å². The third-order valence-electron chi connectivity index (χ3n) is 2.38. The SMILES string of the molecule is C=CC(=O)NC1CC(=O)c2c(Br)sc(Br)c21. The number of fused-ring (bicyclic) bond motifs is 1. The number of rotatable bonds is 2. The van der Waals surface area contributed by atoms with E-state index in [1.165, 1.54) is 17.4 Å². The minimum atomic E-state index is -0.264. The molecule has 0 saturated carbocycles. The van der Waals surface area contributed by atoms with Gasteiger partial charge in [-0.15, -0.1) is 11.3 Å². The number of hydrogen-bond donors (Lipinski definition) is 1. The van der Waals surface area contributed by atoms with E-state index < -0.39 is 0 Å². The molecule has 0 saturated heterocycles. The lowest BCUT2D eigenvalue weighted by molar-refractivity contribution is -0.117. The summed E-state index contributed by atoms with van der Waals surface area (Å²) >= 11 is 8.21. The molecule has 0 bridgehead atoms. The number of amides is 1. The maximum absolute atomic E-state index is 11.8. The number of hydrogen-bond acceptors (Lipinski definition) is 3. The first kappa shape index (κ1) is 12.0. The first-order chi connectivity index (χ1) is 7.54. The molecule has 1 amide bonds. The number of carbonyl (C=O) groups excluding carboxylic acids is 2. The summed E-state index contributed by atoms with van der Waals surface area (Å²) in [5.74, 6) is -0.210. The maximum Gasteiger partial charge on any atom is 0.243 e. The van der Waals surface area contributed by atoms with Crippen molar-refractivity contribution >= 4 is 54.9 Å². The predicted octanol–water partition coefficient (Wildman–Crippen LogP) is 3.20. The van der Waals surface area contributed by atoms with Crippen LogP contribution in [0.1, 0.15) is 28.4 Å². The number of thiophene rings is 1. The van der Waals surface area contributed by atoms with Crippen molar-refractivity contribution in [2.24, 2.45) is 0 Å². The summed E-state index contributed by atoms with van der Waals surface area (Å²) in [6.45, 7) is 3.39. The number of Topliss-reactive ketones (excluding diaryl/α,β-unsaturated/α-hetero) is 1. The van der Waals surface area contributed by atoms with Gasteiger partial charge in [-0.3, -0.25) is 9.59 Å². The zero-order chi connectivity index (χ0) is 11.9. The molecular weight excluding hydrogens is 358 g/mol. The van der Waals surface area contributed by atoms with Crippen LogP contribution in [0, 0.1) is 0 Å². The van der Waals surface area contributed by atoms with Gasteiger partial charge in [-0.1, -0.05) is 6.58 Å². The van der Waals surface area contributed by atoms with Crippen LogP contribution in [0.3, 0.4) is 0 Å². The van der Waals surface area contributed by atoms with E-state index in [1.54, 1.807) is 0 Å². The van der Waals surface area contributed by atoms with Gasteiger partial charge in [0.1, 0.15) is 0 Å². The lowest BCUT2D eigenvalue weighted by atomic mass is 10.2. The summed E-state index contributed by atoms with van der Waals surface area (Å²) in [6.07, 6.45) is 1.52. The van der Waals surface area contributed by atoms with Crippen LogP contribution >= 0.6 is 43.2 Å². The van der Waals surface area contributed by atoms with Gasteiger partial charge in [0.2, 0.25) is 5.91 Å². The number of carbonyl (C=O) groups is 2. The quantitative estimate of drug-likeness (QED) is 0.819. The number of ketones is 1. The second-order valence-corrected chi connectivity index (χ2v) is 6.99. The standard InChI is InChI=1S/C10H7Br2NO2S/c1-2-6(15)13-4-3-5(14)8-7(4)9(11)16-10(8)12/h2,4H,1,3H2,(H,13,15). The highest BCUT2D eigenvalue weighted by Crippen LogP contribution is 2.46. The van der Waals surface area contributed by atoms with Gasteiger partial charge in [0.05, 0.1) is 13.6 Å². The molecule has 1 aliphatic carbocycles. The Kier molecular flexibility index (Phi) is 3.32. The van der Waals surface area contributed by atoms with Crippen LogP contribution in [0.5, 0.6) is 0 Å². The van der Waals surface area contributed by atoms with Crippen LogP contribution in [0.15, 0.2) is 20.2 Å². The zero-order valence-corrected chi connectivity index (χ0v) is 12.0.